The number of fused-ring (bicyclic) bond motifs is 1. The molecule has 1 unspecified atom stereocenters. The number of nitrogens with zero attached hydrogens (tertiary/aromatic N) is 2. The van der Waals surface area contributed by atoms with Crippen LogP contribution in [0.25, 0.3) is 11.0 Å². The van der Waals surface area contributed by atoms with Crippen molar-refractivity contribution in [3.05, 3.63) is 30.1 Å². The third-order valence-electron chi connectivity index (χ3n) is 3.36. The Balaban J connectivity index is 1.82. The number of aromatic amines is 1. The van der Waals surface area contributed by atoms with Crippen molar-refractivity contribution in [3.63, 3.8) is 0 Å². The lowest BCUT2D eigenvalue weighted by atomic mass is 10.1. The number of imidazole rings is 1. The zero-order valence-electron chi connectivity index (χ0n) is 10.5. The highest BCUT2D eigenvalue weighted by molar-refractivity contribution is 5.97. The fraction of sp³-hybridized carbons (Fsp3) is 0.385. The molecule has 1 saturated heterocycles. The topological polar surface area (TPSA) is 84.2 Å². The molecule has 3 rings (SSSR count). The number of amides is 1. The predicted molar refractivity (Wildman–Crippen MR) is 70.8 cm³/mol. The summed E-state index contributed by atoms with van der Waals surface area (Å²) in [7, 11) is 0. The Kier molecular flexibility index (Phi) is 3.18. The SMILES string of the molecule is NCC1CN(C(=O)c2ccc3nc[nH]c3c2)CCO1. The van der Waals surface area contributed by atoms with Gasteiger partial charge < -0.3 is 20.4 Å². The number of benzene rings is 1. The first-order valence-electron chi connectivity index (χ1n) is 6.32. The Morgan fingerprint density at radius 1 is 1.58 bits per heavy atom. The van der Waals surface area contributed by atoms with Gasteiger partial charge >= 0.3 is 0 Å². The van der Waals surface area contributed by atoms with E-state index in [0.717, 1.165) is 11.0 Å². The average Bonchev–Trinajstić information content (AvgIpc) is 2.94. The lowest BCUT2D eigenvalue weighted by molar-refractivity contribution is -0.0167. The highest BCUT2D eigenvalue weighted by Crippen LogP contribution is 2.15. The maximum Gasteiger partial charge on any atom is 0.254 e. The van der Waals surface area contributed by atoms with Crippen LogP contribution in [-0.4, -0.2) is 53.1 Å². The Morgan fingerprint density at radius 2 is 2.47 bits per heavy atom. The van der Waals surface area contributed by atoms with E-state index < -0.39 is 0 Å². The van der Waals surface area contributed by atoms with E-state index in [1.165, 1.54) is 0 Å². The Labute approximate surface area is 110 Å². The second-order valence-corrected chi connectivity index (χ2v) is 4.61. The molecule has 100 valence electrons. The minimum Gasteiger partial charge on any atom is -0.373 e. The van der Waals surface area contributed by atoms with Gasteiger partial charge in [-0.1, -0.05) is 0 Å². The number of hydrogen-bond acceptors (Lipinski definition) is 4. The maximum absolute atomic E-state index is 12.4. The van der Waals surface area contributed by atoms with Crippen LogP contribution in [0.3, 0.4) is 0 Å². The van der Waals surface area contributed by atoms with Crippen molar-refractivity contribution in [2.24, 2.45) is 5.73 Å². The van der Waals surface area contributed by atoms with Crippen molar-refractivity contribution < 1.29 is 9.53 Å². The van der Waals surface area contributed by atoms with Gasteiger partial charge in [0.05, 0.1) is 30.1 Å². The molecule has 0 bridgehead atoms. The number of nitrogens with one attached hydrogen (secondary N) is 1. The molecule has 1 aliphatic heterocycles. The van der Waals surface area contributed by atoms with Gasteiger partial charge in [0, 0.05) is 25.2 Å². The molecular formula is C13H16N4O2. The van der Waals surface area contributed by atoms with E-state index in [9.17, 15) is 4.79 Å². The van der Waals surface area contributed by atoms with Gasteiger partial charge in [0.25, 0.3) is 5.91 Å². The van der Waals surface area contributed by atoms with Crippen LogP contribution in [0.2, 0.25) is 0 Å². The smallest absolute Gasteiger partial charge is 0.254 e. The molecule has 1 amide bonds. The minimum absolute atomic E-state index is 0.0123. The van der Waals surface area contributed by atoms with E-state index in [1.54, 1.807) is 17.3 Å². The molecule has 1 aromatic carbocycles. The van der Waals surface area contributed by atoms with E-state index in [0.29, 0.717) is 31.8 Å². The summed E-state index contributed by atoms with van der Waals surface area (Å²) >= 11 is 0. The van der Waals surface area contributed by atoms with E-state index in [-0.39, 0.29) is 12.0 Å². The van der Waals surface area contributed by atoms with Crippen molar-refractivity contribution >= 4 is 16.9 Å². The molecule has 0 aliphatic carbocycles. The van der Waals surface area contributed by atoms with Gasteiger partial charge in [-0.3, -0.25) is 4.79 Å². The largest absolute Gasteiger partial charge is 0.373 e. The van der Waals surface area contributed by atoms with Gasteiger partial charge in [-0.25, -0.2) is 4.98 Å². The minimum atomic E-state index is -0.0615. The summed E-state index contributed by atoms with van der Waals surface area (Å²) < 4.78 is 5.47. The van der Waals surface area contributed by atoms with Crippen LogP contribution in [-0.2, 0) is 4.74 Å². The van der Waals surface area contributed by atoms with Crippen molar-refractivity contribution in [3.8, 4) is 0 Å². The lowest BCUT2D eigenvalue weighted by Gasteiger charge is -2.32. The summed E-state index contributed by atoms with van der Waals surface area (Å²) in [5.41, 5.74) is 7.98. The predicted octanol–water partition coefficient (Wildman–Crippen LogP) is 0.363. The molecule has 1 atom stereocenters. The van der Waals surface area contributed by atoms with Crippen molar-refractivity contribution in [2.45, 2.75) is 6.10 Å². The quantitative estimate of drug-likeness (QED) is 0.816. The normalized spacial score (nSPS) is 19.8. The van der Waals surface area contributed by atoms with E-state index >= 15 is 0 Å². The zero-order chi connectivity index (χ0) is 13.2. The molecule has 2 heterocycles. The third-order valence-corrected chi connectivity index (χ3v) is 3.36. The molecular weight excluding hydrogens is 244 g/mol. The summed E-state index contributed by atoms with van der Waals surface area (Å²) in [6.45, 7) is 2.13. The van der Waals surface area contributed by atoms with Crippen molar-refractivity contribution in [2.75, 3.05) is 26.2 Å². The first-order valence-corrected chi connectivity index (χ1v) is 6.32. The van der Waals surface area contributed by atoms with Crippen LogP contribution in [0.4, 0.5) is 0 Å². The molecule has 1 aliphatic rings. The number of nitrogens with two attached hydrogens (primary N) is 1. The maximum atomic E-state index is 12.4. The number of morpholine rings is 1. The van der Waals surface area contributed by atoms with Crippen LogP contribution in [0.1, 0.15) is 10.4 Å². The molecule has 1 fully saturated rings. The number of carbonyl (C=O) groups excluding carboxylic acids is 1. The summed E-state index contributed by atoms with van der Waals surface area (Å²) in [6.07, 6.45) is 1.56. The van der Waals surface area contributed by atoms with E-state index in [4.69, 9.17) is 10.5 Å². The van der Waals surface area contributed by atoms with Crippen LogP contribution < -0.4 is 5.73 Å². The fourth-order valence-electron chi connectivity index (χ4n) is 2.30. The first-order chi connectivity index (χ1) is 9.28. The van der Waals surface area contributed by atoms with E-state index in [2.05, 4.69) is 9.97 Å². The second kappa shape index (κ2) is 4.99. The number of hydrogen-bond donors (Lipinski definition) is 2. The monoisotopic (exact) mass is 260 g/mol. The molecule has 6 nitrogen and oxygen atoms in total. The molecule has 0 saturated carbocycles. The summed E-state index contributed by atoms with van der Waals surface area (Å²) in [4.78, 5) is 21.4. The number of H-pyrrole nitrogens is 1. The van der Waals surface area contributed by atoms with Gasteiger partial charge in [-0.15, -0.1) is 0 Å². The number of rotatable bonds is 2. The van der Waals surface area contributed by atoms with Gasteiger partial charge in [-0.2, -0.15) is 0 Å². The van der Waals surface area contributed by atoms with Gasteiger partial charge in [0.15, 0.2) is 0 Å². The highest BCUT2D eigenvalue weighted by Gasteiger charge is 2.24. The number of aromatic nitrogens is 2. The molecule has 6 heteroatoms. The summed E-state index contributed by atoms with van der Waals surface area (Å²) in [5, 5.41) is 0. The van der Waals surface area contributed by atoms with Crippen molar-refractivity contribution in [1.29, 1.82) is 0 Å². The Bertz CT molecular complexity index is 595. The van der Waals surface area contributed by atoms with Crippen molar-refractivity contribution in [1.82, 2.24) is 14.9 Å². The molecule has 0 radical (unpaired) electrons. The molecule has 19 heavy (non-hydrogen) atoms. The molecule has 2 aromatic rings. The van der Waals surface area contributed by atoms with Gasteiger partial charge in [-0.05, 0) is 18.2 Å². The summed E-state index contributed by atoms with van der Waals surface area (Å²) in [6, 6.07) is 5.48. The van der Waals surface area contributed by atoms with Crippen LogP contribution in [0.5, 0.6) is 0 Å². The lowest BCUT2D eigenvalue weighted by Crippen LogP contribution is -2.48. The fourth-order valence-corrected chi connectivity index (χ4v) is 2.30. The molecule has 0 spiro atoms. The number of carbonyl (C=O) groups is 1. The second-order valence-electron chi connectivity index (χ2n) is 4.61. The third kappa shape index (κ3) is 2.32. The Hall–Kier alpha value is -1.92. The Morgan fingerprint density at radius 3 is 3.32 bits per heavy atom. The van der Waals surface area contributed by atoms with Crippen LogP contribution in [0.15, 0.2) is 24.5 Å². The van der Waals surface area contributed by atoms with Gasteiger partial charge in [0.1, 0.15) is 0 Å². The number of ether oxygens (including phenoxy) is 1. The van der Waals surface area contributed by atoms with Crippen LogP contribution >= 0.6 is 0 Å². The summed E-state index contributed by atoms with van der Waals surface area (Å²) in [5.74, 6) is 0.0123. The first kappa shape index (κ1) is 12.1. The molecule has 3 N–H and O–H groups in total. The van der Waals surface area contributed by atoms with E-state index in [1.807, 2.05) is 12.1 Å². The average molecular weight is 260 g/mol. The standard InChI is InChI=1S/C13H16N4O2/c14-6-10-7-17(3-4-19-10)13(18)9-1-2-11-12(5-9)16-8-15-11/h1-2,5,8,10H,3-4,6-7,14H2,(H,15,16). The highest BCUT2D eigenvalue weighted by atomic mass is 16.5. The molecule has 1 aromatic heterocycles. The van der Waals surface area contributed by atoms with Gasteiger partial charge in [0.2, 0.25) is 0 Å². The zero-order valence-corrected chi connectivity index (χ0v) is 10.5. The van der Waals surface area contributed by atoms with Crippen LogP contribution in [0, 0.1) is 0 Å².